The van der Waals surface area contributed by atoms with Crippen molar-refractivity contribution in [2.45, 2.75) is 31.7 Å². The van der Waals surface area contributed by atoms with Gasteiger partial charge in [-0.3, -0.25) is 4.79 Å². The Kier molecular flexibility index (Phi) is 3.74. The highest BCUT2D eigenvalue weighted by atomic mass is 16.3. The molecular weight excluding hydrogens is 252 g/mol. The molecule has 2 N–H and O–H groups in total. The van der Waals surface area contributed by atoms with E-state index in [1.54, 1.807) is 6.20 Å². The van der Waals surface area contributed by atoms with Crippen LogP contribution in [0.4, 0.5) is 0 Å². The van der Waals surface area contributed by atoms with Gasteiger partial charge in [0.15, 0.2) is 0 Å². The van der Waals surface area contributed by atoms with E-state index < -0.39 is 0 Å². The van der Waals surface area contributed by atoms with Crippen LogP contribution in [0.2, 0.25) is 0 Å². The van der Waals surface area contributed by atoms with Gasteiger partial charge < -0.3 is 15.0 Å². The number of aromatic amines is 1. The van der Waals surface area contributed by atoms with Gasteiger partial charge in [-0.2, -0.15) is 0 Å². The van der Waals surface area contributed by atoms with Gasteiger partial charge in [-0.15, -0.1) is 0 Å². The van der Waals surface area contributed by atoms with Gasteiger partial charge in [0.1, 0.15) is 0 Å². The van der Waals surface area contributed by atoms with Crippen molar-refractivity contribution in [3.05, 3.63) is 36.0 Å². The molecule has 20 heavy (non-hydrogen) atoms. The fraction of sp³-hybridized carbons (Fsp3) is 0.438. The first-order valence-corrected chi connectivity index (χ1v) is 7.29. The number of amides is 1. The molecule has 0 spiro atoms. The quantitative estimate of drug-likeness (QED) is 0.902. The van der Waals surface area contributed by atoms with E-state index in [4.69, 9.17) is 0 Å². The monoisotopic (exact) mass is 272 g/mol. The molecule has 1 aliphatic heterocycles. The third-order valence-electron chi connectivity index (χ3n) is 4.17. The average Bonchev–Trinajstić information content (AvgIpc) is 2.91. The second-order valence-corrected chi connectivity index (χ2v) is 5.41. The predicted molar refractivity (Wildman–Crippen MR) is 78.7 cm³/mol. The summed E-state index contributed by atoms with van der Waals surface area (Å²) in [5, 5.41) is 10.2. The first-order chi connectivity index (χ1) is 9.81. The van der Waals surface area contributed by atoms with Crippen molar-refractivity contribution in [1.82, 2.24) is 9.88 Å². The number of hydrogen-bond donors (Lipinski definition) is 2. The van der Waals surface area contributed by atoms with Crippen LogP contribution in [0, 0.1) is 0 Å². The molecule has 1 unspecified atom stereocenters. The lowest BCUT2D eigenvalue weighted by Gasteiger charge is -2.35. The molecule has 1 amide bonds. The zero-order valence-corrected chi connectivity index (χ0v) is 11.5. The summed E-state index contributed by atoms with van der Waals surface area (Å²) >= 11 is 0. The second kappa shape index (κ2) is 5.67. The summed E-state index contributed by atoms with van der Waals surface area (Å²) in [6.07, 6.45) is 5.67. The number of aromatic nitrogens is 1. The summed E-state index contributed by atoms with van der Waals surface area (Å²) in [4.78, 5) is 17.9. The maximum atomic E-state index is 12.8. The SMILES string of the molecule is O=C(c1c[nH]c2ccccc12)N1CCCCC1CCO. The molecule has 1 saturated heterocycles. The predicted octanol–water partition coefficient (Wildman–Crippen LogP) is 2.55. The lowest BCUT2D eigenvalue weighted by atomic mass is 9.98. The van der Waals surface area contributed by atoms with Gasteiger partial charge in [0.2, 0.25) is 0 Å². The van der Waals surface area contributed by atoms with Crippen LogP contribution >= 0.6 is 0 Å². The number of fused-ring (bicyclic) bond motifs is 1. The lowest BCUT2D eigenvalue weighted by molar-refractivity contribution is 0.0576. The summed E-state index contributed by atoms with van der Waals surface area (Å²) in [6.45, 7) is 0.936. The van der Waals surface area contributed by atoms with Crippen molar-refractivity contribution in [3.8, 4) is 0 Å². The number of para-hydroxylation sites is 1. The number of hydrogen-bond acceptors (Lipinski definition) is 2. The van der Waals surface area contributed by atoms with E-state index in [0.717, 1.165) is 42.3 Å². The summed E-state index contributed by atoms with van der Waals surface area (Å²) in [7, 11) is 0. The van der Waals surface area contributed by atoms with Gasteiger partial charge in [-0.05, 0) is 31.7 Å². The van der Waals surface area contributed by atoms with E-state index in [1.165, 1.54) is 0 Å². The van der Waals surface area contributed by atoms with Crippen molar-refractivity contribution in [2.75, 3.05) is 13.2 Å². The van der Waals surface area contributed by atoms with Crippen LogP contribution in [0.3, 0.4) is 0 Å². The topological polar surface area (TPSA) is 56.3 Å². The average molecular weight is 272 g/mol. The van der Waals surface area contributed by atoms with E-state index in [-0.39, 0.29) is 18.6 Å². The molecule has 2 aromatic rings. The van der Waals surface area contributed by atoms with Crippen LogP contribution < -0.4 is 0 Å². The van der Waals surface area contributed by atoms with E-state index >= 15 is 0 Å². The maximum absolute atomic E-state index is 12.8. The van der Waals surface area contributed by atoms with Gasteiger partial charge >= 0.3 is 0 Å². The van der Waals surface area contributed by atoms with E-state index in [9.17, 15) is 9.90 Å². The van der Waals surface area contributed by atoms with Gasteiger partial charge in [-0.25, -0.2) is 0 Å². The third kappa shape index (κ3) is 2.31. The van der Waals surface area contributed by atoms with Crippen molar-refractivity contribution in [3.63, 3.8) is 0 Å². The van der Waals surface area contributed by atoms with Crippen LogP contribution in [0.15, 0.2) is 30.5 Å². The number of piperidine rings is 1. The standard InChI is InChI=1S/C16H20N2O2/c19-10-8-12-5-3-4-9-18(12)16(20)14-11-17-15-7-2-1-6-13(14)15/h1-2,6-7,11-12,17,19H,3-5,8-10H2. The molecule has 106 valence electrons. The third-order valence-corrected chi connectivity index (χ3v) is 4.17. The maximum Gasteiger partial charge on any atom is 0.256 e. The van der Waals surface area contributed by atoms with Crippen LogP contribution in [0.5, 0.6) is 0 Å². The second-order valence-electron chi connectivity index (χ2n) is 5.41. The zero-order chi connectivity index (χ0) is 13.9. The summed E-state index contributed by atoms with van der Waals surface area (Å²) in [5.74, 6) is 0.0839. The zero-order valence-electron chi connectivity index (χ0n) is 11.5. The molecule has 3 rings (SSSR count). The van der Waals surface area contributed by atoms with Crippen molar-refractivity contribution in [1.29, 1.82) is 0 Å². The Morgan fingerprint density at radius 2 is 2.20 bits per heavy atom. The fourth-order valence-corrected chi connectivity index (χ4v) is 3.12. The number of aliphatic hydroxyl groups is 1. The number of nitrogens with one attached hydrogen (secondary N) is 1. The van der Waals surface area contributed by atoms with Crippen LogP contribution in [-0.2, 0) is 0 Å². The van der Waals surface area contributed by atoms with Gasteiger partial charge in [0.05, 0.1) is 5.56 Å². The molecule has 0 radical (unpaired) electrons. The Bertz CT molecular complexity index is 603. The molecule has 0 aliphatic carbocycles. The summed E-state index contributed by atoms with van der Waals surface area (Å²) in [6, 6.07) is 8.05. The normalized spacial score (nSPS) is 19.4. The number of benzene rings is 1. The minimum absolute atomic E-state index is 0.0839. The van der Waals surface area contributed by atoms with Crippen LogP contribution in [0.1, 0.15) is 36.0 Å². The Balaban J connectivity index is 1.90. The first-order valence-electron chi connectivity index (χ1n) is 7.29. The molecule has 2 heterocycles. The molecule has 1 aliphatic rings. The molecular formula is C16H20N2O2. The molecule has 1 aromatic heterocycles. The van der Waals surface area contributed by atoms with Crippen LogP contribution in [0.25, 0.3) is 10.9 Å². The van der Waals surface area contributed by atoms with E-state index in [1.807, 2.05) is 29.2 Å². The molecule has 4 nitrogen and oxygen atoms in total. The smallest absolute Gasteiger partial charge is 0.256 e. The number of carbonyl (C=O) groups is 1. The van der Waals surface area contributed by atoms with E-state index in [0.29, 0.717) is 6.42 Å². The number of H-pyrrole nitrogens is 1. The number of aliphatic hydroxyl groups excluding tert-OH is 1. The minimum atomic E-state index is 0.0839. The number of carbonyl (C=O) groups excluding carboxylic acids is 1. The van der Waals surface area contributed by atoms with Gasteiger partial charge in [0, 0.05) is 36.3 Å². The summed E-state index contributed by atoms with van der Waals surface area (Å²) < 4.78 is 0. The minimum Gasteiger partial charge on any atom is -0.396 e. The highest BCUT2D eigenvalue weighted by molar-refractivity contribution is 6.06. The Hall–Kier alpha value is -1.81. The lowest BCUT2D eigenvalue weighted by Crippen LogP contribution is -2.44. The highest BCUT2D eigenvalue weighted by Crippen LogP contribution is 2.25. The highest BCUT2D eigenvalue weighted by Gasteiger charge is 2.28. The first kappa shape index (κ1) is 13.2. The van der Waals surface area contributed by atoms with Gasteiger partial charge in [0.25, 0.3) is 5.91 Å². The van der Waals surface area contributed by atoms with E-state index in [2.05, 4.69) is 4.98 Å². The molecule has 4 heteroatoms. The number of nitrogens with zero attached hydrogens (tertiary/aromatic N) is 1. The fourth-order valence-electron chi connectivity index (χ4n) is 3.12. The van der Waals surface area contributed by atoms with Crippen molar-refractivity contribution < 1.29 is 9.90 Å². The van der Waals surface area contributed by atoms with Crippen LogP contribution in [-0.4, -0.2) is 40.1 Å². The largest absolute Gasteiger partial charge is 0.396 e. The molecule has 1 atom stereocenters. The Labute approximate surface area is 118 Å². The Morgan fingerprint density at radius 1 is 1.35 bits per heavy atom. The molecule has 0 saturated carbocycles. The number of likely N-dealkylation sites (tertiary alicyclic amines) is 1. The summed E-state index contributed by atoms with van der Waals surface area (Å²) in [5.41, 5.74) is 1.73. The Morgan fingerprint density at radius 3 is 3.05 bits per heavy atom. The molecule has 1 fully saturated rings. The van der Waals surface area contributed by atoms with Crippen molar-refractivity contribution >= 4 is 16.8 Å². The number of rotatable bonds is 3. The van der Waals surface area contributed by atoms with Gasteiger partial charge in [-0.1, -0.05) is 18.2 Å². The molecule has 0 bridgehead atoms. The van der Waals surface area contributed by atoms with Crippen molar-refractivity contribution in [2.24, 2.45) is 0 Å². The molecule has 1 aromatic carbocycles.